The molecule has 0 aliphatic heterocycles. The molecule has 0 atom stereocenters. The van der Waals surface area contributed by atoms with Crippen LogP contribution >= 0.6 is 0 Å². The van der Waals surface area contributed by atoms with Crippen LogP contribution in [0.1, 0.15) is 16.2 Å². The molecule has 0 aliphatic rings. The monoisotopic (exact) mass is 373 g/mol. The Balaban J connectivity index is 1.56. The molecule has 0 radical (unpaired) electrons. The Morgan fingerprint density at radius 3 is 2.36 bits per heavy atom. The number of aryl methyl sites for hydroxylation is 1. The zero-order chi connectivity index (χ0) is 19.5. The fraction of sp³-hybridized carbons (Fsp3) is 0.0476. The smallest absolute Gasteiger partial charge is 0.255 e. The Labute approximate surface area is 160 Å². The van der Waals surface area contributed by atoms with Crippen LogP contribution in [0.2, 0.25) is 0 Å². The van der Waals surface area contributed by atoms with E-state index in [2.05, 4.69) is 20.8 Å². The molecule has 3 aromatic carbocycles. The molecule has 0 saturated heterocycles. The molecule has 1 aromatic heterocycles. The van der Waals surface area contributed by atoms with Gasteiger partial charge in [-0.15, -0.1) is 5.10 Å². The highest BCUT2D eigenvalue weighted by atomic mass is 19.1. The number of nitrogens with one attached hydrogen (secondary N) is 1. The maximum Gasteiger partial charge on any atom is 0.255 e. The number of hydrogen-bond acceptors (Lipinski definition) is 4. The van der Waals surface area contributed by atoms with Crippen LogP contribution in [-0.2, 0) is 0 Å². The molecule has 4 aromatic rings. The molecule has 0 unspecified atom stereocenters. The Hall–Kier alpha value is -3.87. The largest absolute Gasteiger partial charge is 0.319 e. The minimum absolute atomic E-state index is 0.0598. The lowest BCUT2D eigenvalue weighted by Gasteiger charge is -2.10. The minimum atomic E-state index is -0.538. The van der Waals surface area contributed by atoms with Gasteiger partial charge in [-0.25, -0.2) is 4.39 Å². The number of hydrogen-bond donors (Lipinski definition) is 1. The molecule has 7 heteroatoms. The maximum absolute atomic E-state index is 14.2. The number of carbonyl (C=O) groups excluding carboxylic acids is 1. The third kappa shape index (κ3) is 3.50. The molecule has 0 spiro atoms. The highest BCUT2D eigenvalue weighted by Gasteiger charge is 2.12. The van der Waals surface area contributed by atoms with Crippen LogP contribution < -0.4 is 5.32 Å². The topological polar surface area (TPSA) is 72.7 Å². The molecule has 0 aliphatic carbocycles. The third-order valence-electron chi connectivity index (χ3n) is 4.32. The third-order valence-corrected chi connectivity index (χ3v) is 4.32. The lowest BCUT2D eigenvalue weighted by molar-refractivity contribution is 0.102. The summed E-state index contributed by atoms with van der Waals surface area (Å²) in [5, 5.41) is 13.8. The molecular formula is C21H16FN5O. The van der Waals surface area contributed by atoms with Gasteiger partial charge in [0, 0.05) is 5.56 Å². The van der Waals surface area contributed by atoms with Gasteiger partial charge in [0.2, 0.25) is 0 Å². The van der Waals surface area contributed by atoms with Crippen molar-refractivity contribution in [1.29, 1.82) is 0 Å². The van der Waals surface area contributed by atoms with Crippen LogP contribution in [-0.4, -0.2) is 26.1 Å². The van der Waals surface area contributed by atoms with Crippen molar-refractivity contribution in [3.8, 4) is 16.8 Å². The van der Waals surface area contributed by atoms with Gasteiger partial charge in [-0.1, -0.05) is 42.5 Å². The highest BCUT2D eigenvalue weighted by molar-refractivity contribution is 6.04. The first-order valence-electron chi connectivity index (χ1n) is 8.63. The number of anilines is 1. The van der Waals surface area contributed by atoms with Gasteiger partial charge in [0.1, 0.15) is 5.82 Å². The molecule has 0 bridgehead atoms. The summed E-state index contributed by atoms with van der Waals surface area (Å²) in [6, 6.07) is 21.3. The van der Waals surface area contributed by atoms with E-state index in [-0.39, 0.29) is 5.69 Å². The molecule has 28 heavy (non-hydrogen) atoms. The second kappa shape index (κ2) is 7.40. The van der Waals surface area contributed by atoms with Crippen molar-refractivity contribution in [2.75, 3.05) is 5.32 Å². The average Bonchev–Trinajstić information content (AvgIpc) is 3.16. The number of tetrazole rings is 1. The summed E-state index contributed by atoms with van der Waals surface area (Å²) >= 11 is 0. The molecule has 1 N–H and O–H groups in total. The quantitative estimate of drug-likeness (QED) is 0.586. The van der Waals surface area contributed by atoms with Crippen molar-refractivity contribution >= 4 is 11.6 Å². The summed E-state index contributed by atoms with van der Waals surface area (Å²) < 4.78 is 15.7. The number of carbonyl (C=O) groups is 1. The van der Waals surface area contributed by atoms with Crippen molar-refractivity contribution < 1.29 is 9.18 Å². The molecule has 0 fully saturated rings. The second-order valence-corrected chi connectivity index (χ2v) is 6.20. The Morgan fingerprint density at radius 1 is 0.964 bits per heavy atom. The molecule has 138 valence electrons. The first kappa shape index (κ1) is 17.5. The van der Waals surface area contributed by atoms with E-state index in [1.54, 1.807) is 25.1 Å². The van der Waals surface area contributed by atoms with Crippen LogP contribution in [0.3, 0.4) is 0 Å². The first-order valence-corrected chi connectivity index (χ1v) is 8.63. The number of nitrogens with zero attached hydrogens (tertiary/aromatic N) is 4. The molecule has 1 amide bonds. The minimum Gasteiger partial charge on any atom is -0.319 e. The van der Waals surface area contributed by atoms with Crippen molar-refractivity contribution in [3.05, 3.63) is 90.0 Å². The Kier molecular flexibility index (Phi) is 4.63. The lowest BCUT2D eigenvalue weighted by Crippen LogP contribution is -2.13. The van der Waals surface area contributed by atoms with Gasteiger partial charge in [0.15, 0.2) is 5.82 Å². The van der Waals surface area contributed by atoms with Gasteiger partial charge in [0.05, 0.1) is 11.4 Å². The van der Waals surface area contributed by atoms with E-state index in [0.717, 1.165) is 11.1 Å². The fourth-order valence-corrected chi connectivity index (χ4v) is 2.85. The van der Waals surface area contributed by atoms with E-state index in [1.807, 2.05) is 42.5 Å². The number of aromatic nitrogens is 4. The van der Waals surface area contributed by atoms with Gasteiger partial charge in [0.25, 0.3) is 5.91 Å². The molecule has 1 heterocycles. The summed E-state index contributed by atoms with van der Waals surface area (Å²) in [5.41, 5.74) is 3.11. The van der Waals surface area contributed by atoms with Gasteiger partial charge >= 0.3 is 0 Å². The van der Waals surface area contributed by atoms with Crippen LogP contribution in [0.15, 0.2) is 72.8 Å². The van der Waals surface area contributed by atoms with E-state index in [0.29, 0.717) is 17.1 Å². The number of halogens is 1. The molecule has 6 nitrogen and oxygen atoms in total. The number of amides is 1. The standard InChI is InChI=1S/C21H16FN5O/c1-14-24-25-26-27(14)18-11-12-19(22)20(13-18)23-21(28)17-9-7-16(8-10-17)15-5-3-2-4-6-15/h2-13H,1H3,(H,23,28). The second-order valence-electron chi connectivity index (χ2n) is 6.20. The van der Waals surface area contributed by atoms with E-state index in [1.165, 1.54) is 16.8 Å². The van der Waals surface area contributed by atoms with Crippen molar-refractivity contribution in [2.45, 2.75) is 6.92 Å². The molecule has 0 saturated carbocycles. The summed E-state index contributed by atoms with van der Waals surface area (Å²) in [4.78, 5) is 12.6. The van der Waals surface area contributed by atoms with E-state index in [9.17, 15) is 9.18 Å². The first-order chi connectivity index (χ1) is 13.6. The van der Waals surface area contributed by atoms with Crippen LogP contribution in [0, 0.1) is 12.7 Å². The van der Waals surface area contributed by atoms with Crippen molar-refractivity contribution in [1.82, 2.24) is 20.2 Å². The van der Waals surface area contributed by atoms with E-state index in [4.69, 9.17) is 0 Å². The Bertz CT molecular complexity index is 1120. The predicted molar refractivity (Wildman–Crippen MR) is 104 cm³/mol. The van der Waals surface area contributed by atoms with Crippen LogP contribution in [0.25, 0.3) is 16.8 Å². The van der Waals surface area contributed by atoms with Crippen molar-refractivity contribution in [2.24, 2.45) is 0 Å². The van der Waals surface area contributed by atoms with Gasteiger partial charge in [-0.3, -0.25) is 4.79 Å². The summed E-state index contributed by atoms with van der Waals surface area (Å²) in [6.07, 6.45) is 0. The highest BCUT2D eigenvalue weighted by Crippen LogP contribution is 2.22. The number of rotatable bonds is 4. The van der Waals surface area contributed by atoms with Gasteiger partial charge in [-0.2, -0.15) is 4.68 Å². The Morgan fingerprint density at radius 2 is 1.68 bits per heavy atom. The normalized spacial score (nSPS) is 10.6. The van der Waals surface area contributed by atoms with E-state index >= 15 is 0 Å². The van der Waals surface area contributed by atoms with Gasteiger partial charge < -0.3 is 5.32 Å². The summed E-state index contributed by atoms with van der Waals surface area (Å²) in [7, 11) is 0. The summed E-state index contributed by atoms with van der Waals surface area (Å²) in [5.74, 6) is -0.381. The SMILES string of the molecule is Cc1nnnn1-c1ccc(F)c(NC(=O)c2ccc(-c3ccccc3)cc2)c1. The summed E-state index contributed by atoms with van der Waals surface area (Å²) in [6.45, 7) is 1.73. The maximum atomic E-state index is 14.2. The predicted octanol–water partition coefficient (Wildman–Crippen LogP) is 4.03. The fourth-order valence-electron chi connectivity index (χ4n) is 2.85. The number of benzene rings is 3. The lowest BCUT2D eigenvalue weighted by atomic mass is 10.0. The zero-order valence-corrected chi connectivity index (χ0v) is 15.0. The van der Waals surface area contributed by atoms with Crippen molar-refractivity contribution in [3.63, 3.8) is 0 Å². The molecule has 4 rings (SSSR count). The van der Waals surface area contributed by atoms with Crippen LogP contribution in [0.5, 0.6) is 0 Å². The average molecular weight is 373 g/mol. The van der Waals surface area contributed by atoms with Crippen LogP contribution in [0.4, 0.5) is 10.1 Å². The zero-order valence-electron chi connectivity index (χ0n) is 15.0. The molecular weight excluding hydrogens is 357 g/mol. The van der Waals surface area contributed by atoms with Gasteiger partial charge in [-0.05, 0) is 58.8 Å². The van der Waals surface area contributed by atoms with E-state index < -0.39 is 11.7 Å².